The normalized spacial score (nSPS) is 12.4. The molecule has 0 spiro atoms. The van der Waals surface area contributed by atoms with E-state index < -0.39 is 35.1 Å². The fourth-order valence-electron chi connectivity index (χ4n) is 2.70. The van der Waals surface area contributed by atoms with Crippen LogP contribution < -0.4 is 16.7 Å². The van der Waals surface area contributed by atoms with Gasteiger partial charge in [-0.3, -0.25) is 9.59 Å². The number of hydrogen-bond acceptors (Lipinski definition) is 6. The van der Waals surface area contributed by atoms with Gasteiger partial charge >= 0.3 is 11.7 Å². The summed E-state index contributed by atoms with van der Waals surface area (Å²) in [6, 6.07) is 5.34. The Morgan fingerprint density at radius 2 is 1.89 bits per heavy atom. The zero-order valence-electron chi connectivity index (χ0n) is 16.3. The summed E-state index contributed by atoms with van der Waals surface area (Å²) < 4.78 is 10.3. The third kappa shape index (κ3) is 5.94. The Kier molecular flexibility index (Phi) is 6.23. The van der Waals surface area contributed by atoms with Crippen LogP contribution in [-0.2, 0) is 20.7 Å². The molecule has 0 saturated carbocycles. The van der Waals surface area contributed by atoms with Gasteiger partial charge in [0.15, 0.2) is 5.78 Å². The van der Waals surface area contributed by atoms with Crippen LogP contribution in [0.2, 0.25) is 0 Å². The van der Waals surface area contributed by atoms with E-state index in [0.717, 1.165) is 10.9 Å². The van der Waals surface area contributed by atoms with Gasteiger partial charge in [-0.25, -0.2) is 9.59 Å². The summed E-state index contributed by atoms with van der Waals surface area (Å²) in [6.07, 6.45) is -1.24. The molecule has 0 radical (unpaired) electrons. The van der Waals surface area contributed by atoms with Crippen molar-refractivity contribution < 1.29 is 23.5 Å². The number of amides is 2. The molecule has 2 amide bonds. The first-order valence-electron chi connectivity index (χ1n) is 8.78. The standard InChI is InChI=1S/C20H24N2O6/c1-11-7-18(25)27-16-9-12(5-6-13(11)16)8-15(23)14(10-17(21)24)22-19(26)28-20(2,3)4/h5-7,9,14H,8,10H2,1-4H3,(H2,21,24)(H,22,26)/t14-/m1/s1. The molecule has 150 valence electrons. The van der Waals surface area contributed by atoms with Crippen LogP contribution in [0.3, 0.4) is 0 Å². The number of aryl methyl sites for hydroxylation is 1. The average Bonchev–Trinajstić information content (AvgIpc) is 2.51. The lowest BCUT2D eigenvalue weighted by Gasteiger charge is -2.22. The quantitative estimate of drug-likeness (QED) is 0.728. The van der Waals surface area contributed by atoms with Gasteiger partial charge in [0.05, 0.1) is 12.5 Å². The largest absolute Gasteiger partial charge is 0.444 e. The molecular formula is C20H24N2O6. The summed E-state index contributed by atoms with van der Waals surface area (Å²) >= 11 is 0. The predicted molar refractivity (Wildman–Crippen MR) is 103 cm³/mol. The van der Waals surface area contributed by atoms with Crippen LogP contribution in [0.5, 0.6) is 0 Å². The van der Waals surface area contributed by atoms with Crippen molar-refractivity contribution in [2.75, 3.05) is 0 Å². The Morgan fingerprint density at radius 3 is 2.50 bits per heavy atom. The Morgan fingerprint density at radius 1 is 1.21 bits per heavy atom. The first-order chi connectivity index (χ1) is 12.9. The van der Waals surface area contributed by atoms with Gasteiger partial charge in [-0.1, -0.05) is 12.1 Å². The summed E-state index contributed by atoms with van der Waals surface area (Å²) in [4.78, 5) is 47.5. The molecule has 0 fully saturated rings. The lowest BCUT2D eigenvalue weighted by atomic mass is 9.99. The first kappa shape index (κ1) is 21.1. The number of Topliss-reactive ketones (excluding diaryl/α,β-unsaturated/α-hetero) is 1. The summed E-state index contributed by atoms with van der Waals surface area (Å²) in [5, 5.41) is 3.16. The van der Waals surface area contributed by atoms with Crippen molar-refractivity contribution in [1.82, 2.24) is 5.32 Å². The summed E-state index contributed by atoms with van der Waals surface area (Å²) in [7, 11) is 0. The molecule has 0 saturated heterocycles. The maximum Gasteiger partial charge on any atom is 0.408 e. The zero-order chi connectivity index (χ0) is 21.1. The van der Waals surface area contributed by atoms with E-state index in [1.807, 2.05) is 0 Å². The smallest absolute Gasteiger partial charge is 0.408 e. The molecular weight excluding hydrogens is 364 g/mol. The number of rotatable bonds is 6. The zero-order valence-corrected chi connectivity index (χ0v) is 16.3. The van der Waals surface area contributed by atoms with Crippen LogP contribution in [0.25, 0.3) is 11.0 Å². The molecule has 1 heterocycles. The number of benzene rings is 1. The van der Waals surface area contributed by atoms with Gasteiger partial charge in [0.2, 0.25) is 5.91 Å². The molecule has 2 rings (SSSR count). The molecule has 0 aliphatic heterocycles. The molecule has 0 aliphatic rings. The minimum Gasteiger partial charge on any atom is -0.444 e. The van der Waals surface area contributed by atoms with E-state index in [9.17, 15) is 19.2 Å². The van der Waals surface area contributed by atoms with Gasteiger partial charge in [0, 0.05) is 17.9 Å². The number of alkyl carbamates (subject to hydrolysis) is 1. The Labute approximate surface area is 162 Å². The Balaban J connectivity index is 2.20. The number of carbonyl (C=O) groups excluding carboxylic acids is 3. The van der Waals surface area contributed by atoms with Crippen molar-refractivity contribution in [2.45, 2.75) is 52.2 Å². The second-order valence-corrected chi connectivity index (χ2v) is 7.59. The van der Waals surface area contributed by atoms with Gasteiger partial charge in [-0.15, -0.1) is 0 Å². The molecule has 0 unspecified atom stereocenters. The van der Waals surface area contributed by atoms with Crippen LogP contribution in [0.4, 0.5) is 4.79 Å². The molecule has 1 aromatic heterocycles. The third-order valence-corrected chi connectivity index (χ3v) is 3.88. The van der Waals surface area contributed by atoms with Gasteiger partial charge < -0.3 is 20.2 Å². The van der Waals surface area contributed by atoms with Crippen molar-refractivity contribution in [3.8, 4) is 0 Å². The minimum atomic E-state index is -1.12. The van der Waals surface area contributed by atoms with Crippen molar-refractivity contribution in [3.63, 3.8) is 0 Å². The maximum absolute atomic E-state index is 12.6. The fourth-order valence-corrected chi connectivity index (χ4v) is 2.70. The number of ketones is 1. The maximum atomic E-state index is 12.6. The molecule has 3 N–H and O–H groups in total. The van der Waals surface area contributed by atoms with Crippen LogP contribution >= 0.6 is 0 Å². The van der Waals surface area contributed by atoms with Gasteiger partial charge in [0.25, 0.3) is 0 Å². The number of hydrogen-bond donors (Lipinski definition) is 2. The van der Waals surface area contributed by atoms with Crippen LogP contribution in [0, 0.1) is 6.92 Å². The lowest BCUT2D eigenvalue weighted by Crippen LogP contribution is -2.46. The molecule has 0 bridgehead atoms. The van der Waals surface area contributed by atoms with E-state index >= 15 is 0 Å². The molecule has 8 nitrogen and oxygen atoms in total. The number of carbonyl (C=O) groups is 3. The van der Waals surface area contributed by atoms with E-state index in [2.05, 4.69) is 5.32 Å². The Bertz CT molecular complexity index is 971. The van der Waals surface area contributed by atoms with E-state index in [1.54, 1.807) is 45.9 Å². The second-order valence-electron chi connectivity index (χ2n) is 7.59. The summed E-state index contributed by atoms with van der Waals surface area (Å²) in [5.74, 6) is -1.14. The topological polar surface area (TPSA) is 129 Å². The number of nitrogens with two attached hydrogens (primary N) is 1. The van der Waals surface area contributed by atoms with Gasteiger partial charge in [0.1, 0.15) is 11.2 Å². The Hall–Kier alpha value is -3.16. The van der Waals surface area contributed by atoms with Gasteiger partial charge in [-0.2, -0.15) is 0 Å². The van der Waals surface area contributed by atoms with E-state index in [1.165, 1.54) is 6.07 Å². The minimum absolute atomic E-state index is 0.0820. The summed E-state index contributed by atoms with van der Waals surface area (Å²) in [5.41, 5.74) is 5.67. The van der Waals surface area contributed by atoms with E-state index in [-0.39, 0.29) is 12.8 Å². The molecule has 8 heteroatoms. The van der Waals surface area contributed by atoms with E-state index in [0.29, 0.717) is 11.1 Å². The van der Waals surface area contributed by atoms with Gasteiger partial charge in [-0.05, 0) is 44.9 Å². The van der Waals surface area contributed by atoms with Crippen LogP contribution in [-0.4, -0.2) is 29.4 Å². The average molecular weight is 388 g/mol. The molecule has 1 atom stereocenters. The van der Waals surface area contributed by atoms with Crippen LogP contribution in [0.1, 0.15) is 38.3 Å². The number of nitrogens with one attached hydrogen (secondary N) is 1. The molecule has 0 aliphatic carbocycles. The molecule has 1 aromatic carbocycles. The van der Waals surface area contributed by atoms with E-state index in [4.69, 9.17) is 14.9 Å². The van der Waals surface area contributed by atoms with Crippen molar-refractivity contribution in [2.24, 2.45) is 5.73 Å². The number of fused-ring (bicyclic) bond motifs is 1. The fraction of sp³-hybridized carbons (Fsp3) is 0.400. The first-order valence-corrected chi connectivity index (χ1v) is 8.78. The number of ether oxygens (including phenoxy) is 1. The SMILES string of the molecule is Cc1cc(=O)oc2cc(CC(=O)[C@@H](CC(N)=O)NC(=O)OC(C)(C)C)ccc12. The highest BCUT2D eigenvalue weighted by Crippen LogP contribution is 2.19. The van der Waals surface area contributed by atoms with Crippen molar-refractivity contribution in [1.29, 1.82) is 0 Å². The highest BCUT2D eigenvalue weighted by molar-refractivity contribution is 5.93. The monoisotopic (exact) mass is 388 g/mol. The highest BCUT2D eigenvalue weighted by atomic mass is 16.6. The lowest BCUT2D eigenvalue weighted by molar-refractivity contribution is -0.125. The predicted octanol–water partition coefficient (Wildman–Crippen LogP) is 1.98. The van der Waals surface area contributed by atoms with Crippen molar-refractivity contribution >= 4 is 28.8 Å². The highest BCUT2D eigenvalue weighted by Gasteiger charge is 2.26. The molecule has 28 heavy (non-hydrogen) atoms. The summed E-state index contributed by atoms with van der Waals surface area (Å²) in [6.45, 7) is 6.84. The number of primary amides is 1. The van der Waals surface area contributed by atoms with Crippen molar-refractivity contribution in [3.05, 3.63) is 45.8 Å². The van der Waals surface area contributed by atoms with Crippen LogP contribution in [0.15, 0.2) is 33.5 Å². The third-order valence-electron chi connectivity index (χ3n) is 3.88. The second kappa shape index (κ2) is 8.24. The molecule has 2 aromatic rings.